The van der Waals surface area contributed by atoms with E-state index in [1.165, 1.54) is 36.0 Å². The summed E-state index contributed by atoms with van der Waals surface area (Å²) < 4.78 is 0. The lowest BCUT2D eigenvalue weighted by atomic mass is 9.87. The van der Waals surface area contributed by atoms with E-state index in [-0.39, 0.29) is 0 Å². The molecular formula is C16H25N. The molecule has 1 N–H and O–H groups in total. The molecule has 1 aliphatic carbocycles. The van der Waals surface area contributed by atoms with Crippen molar-refractivity contribution >= 4 is 0 Å². The van der Waals surface area contributed by atoms with Crippen LogP contribution in [0.3, 0.4) is 0 Å². The van der Waals surface area contributed by atoms with Crippen molar-refractivity contribution in [3.05, 3.63) is 34.9 Å². The van der Waals surface area contributed by atoms with Crippen molar-refractivity contribution in [2.24, 2.45) is 5.41 Å². The zero-order valence-electron chi connectivity index (χ0n) is 11.6. The minimum atomic E-state index is 0.494. The Labute approximate surface area is 106 Å². The molecule has 1 aromatic carbocycles. The van der Waals surface area contributed by atoms with Crippen LogP contribution in [0.2, 0.25) is 0 Å². The minimum absolute atomic E-state index is 0.494. The fraction of sp³-hybridized carbons (Fsp3) is 0.625. The van der Waals surface area contributed by atoms with Crippen molar-refractivity contribution < 1.29 is 0 Å². The van der Waals surface area contributed by atoms with Crippen molar-refractivity contribution in [2.75, 3.05) is 6.54 Å². The Kier molecular flexibility index (Phi) is 3.58. The van der Waals surface area contributed by atoms with Gasteiger partial charge in [-0.25, -0.2) is 0 Å². The smallest absolute Gasteiger partial charge is 0.0377 e. The maximum Gasteiger partial charge on any atom is 0.0377 e. The highest BCUT2D eigenvalue weighted by molar-refractivity contribution is 5.37. The van der Waals surface area contributed by atoms with Gasteiger partial charge in [-0.1, -0.05) is 32.0 Å². The third-order valence-corrected chi connectivity index (χ3v) is 4.29. The second-order valence-electron chi connectivity index (χ2n) is 5.83. The van der Waals surface area contributed by atoms with Gasteiger partial charge in [-0.2, -0.15) is 0 Å². The molecule has 0 bridgehead atoms. The first-order valence-electron chi connectivity index (χ1n) is 6.88. The van der Waals surface area contributed by atoms with Crippen molar-refractivity contribution in [3.8, 4) is 0 Å². The van der Waals surface area contributed by atoms with Gasteiger partial charge in [0.2, 0.25) is 0 Å². The summed E-state index contributed by atoms with van der Waals surface area (Å²) in [7, 11) is 0. The van der Waals surface area contributed by atoms with E-state index in [0.29, 0.717) is 11.5 Å². The summed E-state index contributed by atoms with van der Waals surface area (Å²) in [6.45, 7) is 10.3. The zero-order chi connectivity index (χ0) is 12.5. The fourth-order valence-corrected chi connectivity index (χ4v) is 2.59. The lowest BCUT2D eigenvalue weighted by Crippen LogP contribution is -2.29. The molecule has 2 rings (SSSR count). The van der Waals surface area contributed by atoms with Crippen LogP contribution in [0.4, 0.5) is 0 Å². The Morgan fingerprint density at radius 2 is 2.00 bits per heavy atom. The van der Waals surface area contributed by atoms with Crippen LogP contribution in [0.5, 0.6) is 0 Å². The molecule has 1 unspecified atom stereocenters. The normalized spacial score (nSPS) is 19.1. The van der Waals surface area contributed by atoms with E-state index < -0.39 is 0 Å². The van der Waals surface area contributed by atoms with Gasteiger partial charge < -0.3 is 5.32 Å². The molecule has 0 heterocycles. The van der Waals surface area contributed by atoms with Crippen LogP contribution in [0.1, 0.15) is 55.8 Å². The fourth-order valence-electron chi connectivity index (χ4n) is 2.59. The Morgan fingerprint density at radius 1 is 1.29 bits per heavy atom. The molecule has 0 aromatic heterocycles. The molecule has 1 nitrogen and oxygen atoms in total. The van der Waals surface area contributed by atoms with Crippen LogP contribution in [0.15, 0.2) is 18.2 Å². The van der Waals surface area contributed by atoms with Crippen LogP contribution < -0.4 is 5.32 Å². The molecule has 1 fully saturated rings. The number of benzene rings is 1. The molecule has 0 saturated heterocycles. The summed E-state index contributed by atoms with van der Waals surface area (Å²) in [6, 6.07) is 7.26. The minimum Gasteiger partial charge on any atom is -0.309 e. The molecule has 17 heavy (non-hydrogen) atoms. The van der Waals surface area contributed by atoms with Gasteiger partial charge in [-0.05, 0) is 61.8 Å². The van der Waals surface area contributed by atoms with E-state index in [9.17, 15) is 0 Å². The highest BCUT2D eigenvalue weighted by Crippen LogP contribution is 2.54. The molecule has 0 aliphatic heterocycles. The maximum absolute atomic E-state index is 3.76. The number of hydrogen-bond donors (Lipinski definition) is 1. The number of hydrogen-bond acceptors (Lipinski definition) is 1. The van der Waals surface area contributed by atoms with Crippen molar-refractivity contribution in [2.45, 2.75) is 53.0 Å². The molecule has 1 atom stereocenters. The van der Waals surface area contributed by atoms with Crippen LogP contribution in [0.25, 0.3) is 0 Å². The quantitative estimate of drug-likeness (QED) is 0.803. The molecular weight excluding hydrogens is 206 g/mol. The van der Waals surface area contributed by atoms with E-state index in [1.54, 1.807) is 0 Å². The van der Waals surface area contributed by atoms with Gasteiger partial charge in [0.05, 0.1) is 0 Å². The van der Waals surface area contributed by atoms with Crippen LogP contribution >= 0.6 is 0 Å². The first-order chi connectivity index (χ1) is 8.08. The van der Waals surface area contributed by atoms with E-state index in [2.05, 4.69) is 51.2 Å². The highest BCUT2D eigenvalue weighted by atomic mass is 14.9. The number of rotatable bonds is 5. The topological polar surface area (TPSA) is 12.0 Å². The molecule has 1 aromatic rings. The van der Waals surface area contributed by atoms with E-state index >= 15 is 0 Å². The van der Waals surface area contributed by atoms with Gasteiger partial charge in [-0.15, -0.1) is 0 Å². The third kappa shape index (κ3) is 2.55. The van der Waals surface area contributed by atoms with Crippen molar-refractivity contribution in [3.63, 3.8) is 0 Å². The summed E-state index contributed by atoms with van der Waals surface area (Å²) in [6.07, 6.45) is 3.93. The van der Waals surface area contributed by atoms with Crippen molar-refractivity contribution in [1.29, 1.82) is 0 Å². The van der Waals surface area contributed by atoms with E-state index in [1.807, 2.05) is 0 Å². The molecule has 1 heteroatoms. The Hall–Kier alpha value is -0.820. The molecule has 0 radical (unpaired) electrons. The molecule has 0 amide bonds. The van der Waals surface area contributed by atoms with Gasteiger partial charge in [-0.3, -0.25) is 0 Å². The second-order valence-corrected chi connectivity index (χ2v) is 5.83. The summed E-state index contributed by atoms with van der Waals surface area (Å²) in [5.41, 5.74) is 4.89. The van der Waals surface area contributed by atoms with Crippen molar-refractivity contribution in [1.82, 2.24) is 5.32 Å². The van der Waals surface area contributed by atoms with Gasteiger partial charge in [0, 0.05) is 6.04 Å². The summed E-state index contributed by atoms with van der Waals surface area (Å²) in [4.78, 5) is 0. The van der Waals surface area contributed by atoms with Gasteiger partial charge in [0.15, 0.2) is 0 Å². The largest absolute Gasteiger partial charge is 0.309 e. The summed E-state index contributed by atoms with van der Waals surface area (Å²) in [5.74, 6) is 0. The Bertz CT molecular complexity index is 391. The first-order valence-corrected chi connectivity index (χ1v) is 6.88. The van der Waals surface area contributed by atoms with Crippen LogP contribution in [-0.4, -0.2) is 6.54 Å². The van der Waals surface area contributed by atoms with E-state index in [0.717, 1.165) is 6.54 Å². The lowest BCUT2D eigenvalue weighted by molar-refractivity contribution is 0.365. The van der Waals surface area contributed by atoms with E-state index in [4.69, 9.17) is 0 Å². The Balaban J connectivity index is 2.28. The monoisotopic (exact) mass is 231 g/mol. The highest BCUT2D eigenvalue weighted by Gasteiger charge is 2.45. The van der Waals surface area contributed by atoms with Crippen LogP contribution in [0, 0.1) is 19.3 Å². The predicted molar refractivity (Wildman–Crippen MR) is 74.3 cm³/mol. The molecule has 1 aliphatic rings. The SMILES string of the molecule is CCCNC(c1cccc(C)c1C)C1(C)CC1. The maximum atomic E-state index is 3.76. The average molecular weight is 231 g/mol. The average Bonchev–Trinajstić information content (AvgIpc) is 3.04. The first kappa shape index (κ1) is 12.6. The van der Waals surface area contributed by atoms with Gasteiger partial charge in [0.25, 0.3) is 0 Å². The third-order valence-electron chi connectivity index (χ3n) is 4.29. The lowest BCUT2D eigenvalue weighted by Gasteiger charge is -2.27. The molecule has 1 saturated carbocycles. The number of aryl methyl sites for hydroxylation is 1. The predicted octanol–water partition coefficient (Wildman–Crippen LogP) is 4.14. The van der Waals surface area contributed by atoms with Crippen LogP contribution in [-0.2, 0) is 0 Å². The molecule has 94 valence electrons. The van der Waals surface area contributed by atoms with Gasteiger partial charge in [0.1, 0.15) is 0 Å². The number of nitrogens with one attached hydrogen (secondary N) is 1. The van der Waals surface area contributed by atoms with Gasteiger partial charge >= 0.3 is 0 Å². The standard InChI is InChI=1S/C16H25N/c1-5-11-17-15(16(4)9-10-16)14-8-6-7-12(2)13(14)3/h6-8,15,17H,5,9-11H2,1-4H3. The second kappa shape index (κ2) is 4.81. The zero-order valence-corrected chi connectivity index (χ0v) is 11.6. The molecule has 0 spiro atoms. The summed E-state index contributed by atoms with van der Waals surface area (Å²) in [5, 5.41) is 3.76. The summed E-state index contributed by atoms with van der Waals surface area (Å²) >= 11 is 0. The Morgan fingerprint density at radius 3 is 2.59 bits per heavy atom.